The predicted molar refractivity (Wildman–Crippen MR) is 167 cm³/mol. The first-order chi connectivity index (χ1) is 20.3. The molecule has 7 nitrogen and oxygen atoms in total. The Morgan fingerprint density at radius 2 is 1.67 bits per heavy atom. The van der Waals surface area contributed by atoms with E-state index in [1.807, 2.05) is 61.7 Å². The first-order valence-electron chi connectivity index (χ1n) is 14.0. The van der Waals surface area contributed by atoms with E-state index in [1.54, 1.807) is 24.3 Å². The first kappa shape index (κ1) is 30.2. The summed E-state index contributed by atoms with van der Waals surface area (Å²) >= 11 is 0. The molecule has 4 aromatic carbocycles. The van der Waals surface area contributed by atoms with Gasteiger partial charge in [0.2, 0.25) is 6.08 Å². The van der Waals surface area contributed by atoms with Crippen LogP contribution < -0.4 is 10.1 Å². The van der Waals surface area contributed by atoms with E-state index in [2.05, 4.69) is 59.5 Å². The molecular formula is C35H36N4O3. The highest BCUT2D eigenvalue weighted by atomic mass is 16.5. The number of aliphatic imine (C=N–C) groups is 1. The molecule has 0 amide bonds. The number of carbonyl (C=O) groups excluding carboxylic acids is 1. The third-order valence-electron chi connectivity index (χ3n) is 7.08. The van der Waals surface area contributed by atoms with E-state index in [4.69, 9.17) is 10.00 Å². The Morgan fingerprint density at radius 3 is 2.45 bits per heavy atom. The summed E-state index contributed by atoms with van der Waals surface area (Å²) in [5.74, 6) is 0.497. The second-order valence-corrected chi connectivity index (χ2v) is 10.8. The molecular weight excluding hydrogens is 524 g/mol. The summed E-state index contributed by atoms with van der Waals surface area (Å²) < 4.78 is 5.60. The number of hydrogen-bond donors (Lipinski definition) is 3. The Balaban J connectivity index is 0.000000227. The molecule has 0 saturated heterocycles. The number of nitriles is 1. The zero-order valence-electron chi connectivity index (χ0n) is 24.2. The van der Waals surface area contributed by atoms with Gasteiger partial charge in [0, 0.05) is 29.2 Å². The van der Waals surface area contributed by atoms with E-state index < -0.39 is 6.10 Å². The van der Waals surface area contributed by atoms with Crippen molar-refractivity contribution in [2.45, 2.75) is 44.9 Å². The summed E-state index contributed by atoms with van der Waals surface area (Å²) in [5.41, 5.74) is 3.73. The largest absolute Gasteiger partial charge is 0.489 e. The minimum atomic E-state index is -0.668. The van der Waals surface area contributed by atoms with Crippen LogP contribution in [-0.4, -0.2) is 41.0 Å². The van der Waals surface area contributed by atoms with Gasteiger partial charge in [-0.1, -0.05) is 72.8 Å². The number of para-hydroxylation sites is 2. The lowest BCUT2D eigenvalue weighted by atomic mass is 9.94. The van der Waals surface area contributed by atoms with Crippen molar-refractivity contribution in [2.75, 3.05) is 13.2 Å². The third kappa shape index (κ3) is 7.93. The number of rotatable bonds is 10. The van der Waals surface area contributed by atoms with Gasteiger partial charge in [-0.25, -0.2) is 4.79 Å². The van der Waals surface area contributed by atoms with Crippen LogP contribution in [0.25, 0.3) is 21.7 Å². The number of ether oxygens (including phenoxy) is 1. The maximum absolute atomic E-state index is 10.3. The summed E-state index contributed by atoms with van der Waals surface area (Å²) in [7, 11) is 0. The molecule has 214 valence electrons. The van der Waals surface area contributed by atoms with Crippen LogP contribution in [0.1, 0.15) is 43.5 Å². The van der Waals surface area contributed by atoms with E-state index in [0.717, 1.165) is 22.9 Å². The lowest BCUT2D eigenvalue weighted by Crippen LogP contribution is -2.46. The number of β-amino-alcohol motifs (C(OH)–C–C–N with tert-alkyl or cyclic N) is 1. The summed E-state index contributed by atoms with van der Waals surface area (Å²) in [4.78, 5) is 17.3. The van der Waals surface area contributed by atoms with Crippen LogP contribution in [0.4, 0.5) is 0 Å². The van der Waals surface area contributed by atoms with Crippen molar-refractivity contribution in [3.8, 4) is 11.8 Å². The van der Waals surface area contributed by atoms with Gasteiger partial charge >= 0.3 is 0 Å². The quantitative estimate of drug-likeness (QED) is 0.131. The van der Waals surface area contributed by atoms with E-state index in [-0.39, 0.29) is 18.2 Å². The number of aromatic nitrogens is 1. The number of aliphatic hydroxyl groups excluding tert-OH is 1. The monoisotopic (exact) mass is 560 g/mol. The molecule has 1 aromatic heterocycles. The molecule has 0 aliphatic heterocycles. The van der Waals surface area contributed by atoms with Crippen LogP contribution in [0, 0.1) is 11.3 Å². The van der Waals surface area contributed by atoms with Crippen molar-refractivity contribution in [2.24, 2.45) is 4.99 Å². The zero-order valence-corrected chi connectivity index (χ0v) is 24.2. The fraction of sp³-hybridized carbons (Fsp3) is 0.257. The molecule has 0 aliphatic rings. The van der Waals surface area contributed by atoms with Crippen molar-refractivity contribution >= 4 is 27.8 Å². The Labute approximate surface area is 246 Å². The van der Waals surface area contributed by atoms with Gasteiger partial charge in [0.05, 0.1) is 11.6 Å². The Kier molecular flexibility index (Phi) is 10.3. The number of aromatic amines is 1. The summed E-state index contributed by atoms with van der Waals surface area (Å²) in [5, 5.41) is 26.3. The molecule has 2 atom stereocenters. The van der Waals surface area contributed by atoms with Crippen LogP contribution in [0.15, 0.2) is 102 Å². The summed E-state index contributed by atoms with van der Waals surface area (Å²) in [6.07, 6.45) is 3.82. The standard InChI is InChI=1S/C22H25N3O2.C13H11NO/c1-22(2,11-17-13-24-20-9-5-4-8-19(17)20)25-14-18(26)15-27-21-10-6-3-7-16(21)12-23;1-10(14-9-15)12-8-4-6-11-5-2-3-7-13(11)12/h3-10,13,18,24-26H,11,14-15H2,1-2H3;2-8,10H,1H3. The van der Waals surface area contributed by atoms with Crippen molar-refractivity contribution in [3.05, 3.63) is 114 Å². The summed E-state index contributed by atoms with van der Waals surface area (Å²) in [6, 6.07) is 31.4. The predicted octanol–water partition coefficient (Wildman–Crippen LogP) is 6.63. The SMILES string of the molecule is CC(C)(Cc1c[nH]c2ccccc12)NCC(O)COc1ccccc1C#N.CC(N=C=O)c1cccc2ccccc12. The van der Waals surface area contributed by atoms with Crippen LogP contribution in [-0.2, 0) is 11.2 Å². The van der Waals surface area contributed by atoms with Gasteiger partial charge < -0.3 is 20.1 Å². The van der Waals surface area contributed by atoms with Crippen molar-refractivity contribution in [1.29, 1.82) is 5.26 Å². The molecule has 1 heterocycles. The van der Waals surface area contributed by atoms with Crippen molar-refractivity contribution < 1.29 is 14.6 Å². The maximum Gasteiger partial charge on any atom is 0.235 e. The number of isocyanates is 1. The van der Waals surface area contributed by atoms with Crippen LogP contribution in [0.2, 0.25) is 0 Å². The van der Waals surface area contributed by atoms with Gasteiger partial charge in [-0.3, -0.25) is 0 Å². The fourth-order valence-electron chi connectivity index (χ4n) is 4.90. The molecule has 0 aliphatic carbocycles. The summed E-state index contributed by atoms with van der Waals surface area (Å²) in [6.45, 7) is 6.67. The number of fused-ring (bicyclic) bond motifs is 2. The first-order valence-corrected chi connectivity index (χ1v) is 14.0. The fourth-order valence-corrected chi connectivity index (χ4v) is 4.90. The number of aliphatic hydroxyl groups is 1. The Bertz CT molecular complexity index is 1710. The van der Waals surface area contributed by atoms with Crippen LogP contribution >= 0.6 is 0 Å². The van der Waals surface area contributed by atoms with Gasteiger partial charge in [0.15, 0.2) is 0 Å². The second kappa shape index (κ2) is 14.2. The molecule has 7 heteroatoms. The van der Waals surface area contributed by atoms with Gasteiger partial charge in [0.25, 0.3) is 0 Å². The number of benzene rings is 4. The highest BCUT2D eigenvalue weighted by Gasteiger charge is 2.21. The molecule has 5 rings (SSSR count). The van der Waals surface area contributed by atoms with Crippen LogP contribution in [0.3, 0.4) is 0 Å². The smallest absolute Gasteiger partial charge is 0.235 e. The topological polar surface area (TPSA) is 110 Å². The zero-order chi connectivity index (χ0) is 30.0. The molecule has 3 N–H and O–H groups in total. The average Bonchev–Trinajstić information content (AvgIpc) is 3.41. The molecule has 0 bridgehead atoms. The van der Waals surface area contributed by atoms with E-state index in [0.29, 0.717) is 17.9 Å². The van der Waals surface area contributed by atoms with Gasteiger partial charge in [-0.2, -0.15) is 10.3 Å². The van der Waals surface area contributed by atoms with Crippen molar-refractivity contribution in [3.63, 3.8) is 0 Å². The van der Waals surface area contributed by atoms with E-state index in [9.17, 15) is 9.90 Å². The third-order valence-corrected chi connectivity index (χ3v) is 7.08. The maximum atomic E-state index is 10.3. The molecule has 5 aromatic rings. The van der Waals surface area contributed by atoms with Gasteiger partial charge in [0.1, 0.15) is 24.5 Å². The lowest BCUT2D eigenvalue weighted by Gasteiger charge is -2.28. The van der Waals surface area contributed by atoms with Gasteiger partial charge in [-0.05, 0) is 67.3 Å². The van der Waals surface area contributed by atoms with Gasteiger partial charge in [-0.15, -0.1) is 0 Å². The Hall–Kier alpha value is -4.73. The minimum Gasteiger partial charge on any atom is -0.489 e. The highest BCUT2D eigenvalue weighted by Crippen LogP contribution is 2.26. The molecule has 2 unspecified atom stereocenters. The second-order valence-electron chi connectivity index (χ2n) is 10.8. The number of nitrogens with one attached hydrogen (secondary N) is 2. The Morgan fingerprint density at radius 1 is 0.976 bits per heavy atom. The average molecular weight is 561 g/mol. The van der Waals surface area contributed by atoms with E-state index in [1.165, 1.54) is 16.3 Å². The molecule has 42 heavy (non-hydrogen) atoms. The molecule has 0 spiro atoms. The van der Waals surface area contributed by atoms with E-state index >= 15 is 0 Å². The van der Waals surface area contributed by atoms with Crippen molar-refractivity contribution in [1.82, 2.24) is 10.3 Å². The van der Waals surface area contributed by atoms with Crippen LogP contribution in [0.5, 0.6) is 5.75 Å². The number of hydrogen-bond acceptors (Lipinski definition) is 6. The highest BCUT2D eigenvalue weighted by molar-refractivity contribution is 5.86. The molecule has 0 saturated carbocycles. The number of nitrogens with zero attached hydrogens (tertiary/aromatic N) is 2. The molecule has 0 radical (unpaired) electrons. The minimum absolute atomic E-state index is 0.131. The molecule has 0 fully saturated rings. The lowest BCUT2D eigenvalue weighted by molar-refractivity contribution is 0.0987. The number of H-pyrrole nitrogens is 1. The normalized spacial score (nSPS) is 12.5.